The third kappa shape index (κ3) is 11.5. The average molecular weight is 464 g/mol. The molecule has 0 atom stereocenters. The Morgan fingerprint density at radius 2 is 1.31 bits per heavy atom. The molecule has 0 spiro atoms. The van der Waals surface area contributed by atoms with Crippen molar-refractivity contribution in [2.24, 2.45) is 17.2 Å². The summed E-state index contributed by atoms with van der Waals surface area (Å²) >= 11 is 16.8. The monoisotopic (exact) mass is 462 g/mol. The molecule has 2 heterocycles. The van der Waals surface area contributed by atoms with Crippen LogP contribution in [0, 0.1) is 0 Å². The fraction of sp³-hybridized carbons (Fsp3) is 0.333. The Kier molecular flexibility index (Phi) is 12.2. The molecule has 2 aromatic rings. The second kappa shape index (κ2) is 13.2. The van der Waals surface area contributed by atoms with E-state index in [-0.39, 0.29) is 22.5 Å². The lowest BCUT2D eigenvalue weighted by molar-refractivity contribution is 0.0987. The maximum absolute atomic E-state index is 11.0. The third-order valence-electron chi connectivity index (χ3n) is 2.57. The predicted octanol–water partition coefficient (Wildman–Crippen LogP) is 3.50. The summed E-state index contributed by atoms with van der Waals surface area (Å²) in [5.41, 5.74) is 16.0. The molecular weight excluding hydrogens is 439 g/mol. The van der Waals surface area contributed by atoms with Gasteiger partial charge in [-0.15, -0.1) is 0 Å². The van der Waals surface area contributed by atoms with Crippen LogP contribution in [0.3, 0.4) is 0 Å². The van der Waals surface area contributed by atoms with Crippen molar-refractivity contribution in [2.75, 3.05) is 5.32 Å². The van der Waals surface area contributed by atoms with Gasteiger partial charge in [0.05, 0.1) is 20.8 Å². The summed E-state index contributed by atoms with van der Waals surface area (Å²) < 4.78 is 0. The largest absolute Gasteiger partial charge is 0.381 e. The van der Waals surface area contributed by atoms with Gasteiger partial charge in [0, 0.05) is 18.4 Å². The van der Waals surface area contributed by atoms with Crippen LogP contribution in [-0.4, -0.2) is 33.9 Å². The fourth-order valence-electron chi connectivity index (χ4n) is 1.65. The molecule has 0 aromatic carbocycles. The van der Waals surface area contributed by atoms with Crippen LogP contribution < -0.4 is 22.5 Å². The molecule has 0 aliphatic heterocycles. The number of nitrogens with one attached hydrogen (secondary N) is 1. The van der Waals surface area contributed by atoms with Gasteiger partial charge in [0.1, 0.15) is 5.69 Å². The second-order valence-corrected chi connectivity index (χ2v) is 7.59. The van der Waals surface area contributed by atoms with Crippen LogP contribution in [0.15, 0.2) is 24.5 Å². The first-order valence-electron chi connectivity index (χ1n) is 8.43. The molecule has 0 unspecified atom stereocenters. The normalized spacial score (nSPS) is 9.86. The van der Waals surface area contributed by atoms with Crippen molar-refractivity contribution < 1.29 is 9.59 Å². The minimum absolute atomic E-state index is 0.0380. The van der Waals surface area contributed by atoms with E-state index in [1.807, 2.05) is 27.7 Å². The van der Waals surface area contributed by atoms with Crippen molar-refractivity contribution >= 4 is 52.3 Å². The van der Waals surface area contributed by atoms with Gasteiger partial charge < -0.3 is 22.5 Å². The number of nitrogens with zero attached hydrogens (tertiary/aromatic N) is 2. The standard InChI is InChI=1S/C9H12ClN3O.C6H4Cl2N2O.C3H9N/c1-5(2)13-7-3-6(10)4-12-8(7)9(11)14;7-3-1-4(8)5(6(9)11)10-2-3;1-3(2)4/h3-5,13H,1-2H3,(H2,11,14);1-2H,(H2,9,11);3H,4H2,1-2H3. The number of carbonyl (C=O) groups excluding carboxylic acids is 2. The van der Waals surface area contributed by atoms with Crippen LogP contribution >= 0.6 is 34.8 Å². The minimum Gasteiger partial charge on any atom is -0.381 e. The molecule has 2 aromatic heterocycles. The van der Waals surface area contributed by atoms with Gasteiger partial charge in [0.2, 0.25) is 0 Å². The highest BCUT2D eigenvalue weighted by Gasteiger charge is 2.11. The number of amides is 2. The summed E-state index contributed by atoms with van der Waals surface area (Å²) in [6.07, 6.45) is 2.71. The Labute approximate surface area is 185 Å². The Bertz CT molecular complexity index is 828. The van der Waals surface area contributed by atoms with E-state index in [2.05, 4.69) is 15.3 Å². The molecular formula is C18H25Cl3N6O2. The van der Waals surface area contributed by atoms with Crippen LogP contribution in [-0.2, 0) is 0 Å². The molecule has 0 aliphatic rings. The van der Waals surface area contributed by atoms with E-state index in [0.717, 1.165) is 0 Å². The SMILES string of the molecule is CC(C)N.CC(C)Nc1cc(Cl)cnc1C(N)=O.NC(=O)c1ncc(Cl)cc1Cl. The summed E-state index contributed by atoms with van der Waals surface area (Å²) in [6, 6.07) is 3.57. The number of primary amides is 2. The quantitative estimate of drug-likeness (QED) is 0.545. The van der Waals surface area contributed by atoms with Gasteiger partial charge in [-0.05, 0) is 32.0 Å². The molecule has 2 rings (SSSR count). The molecule has 0 saturated heterocycles. The fourth-order valence-corrected chi connectivity index (χ4v) is 2.28. The smallest absolute Gasteiger partial charge is 0.269 e. The summed E-state index contributed by atoms with van der Waals surface area (Å²) in [5.74, 6) is -1.23. The molecule has 0 bridgehead atoms. The van der Waals surface area contributed by atoms with Crippen molar-refractivity contribution in [1.29, 1.82) is 0 Å². The lowest BCUT2D eigenvalue weighted by Gasteiger charge is -2.12. The highest BCUT2D eigenvalue weighted by atomic mass is 35.5. The summed E-state index contributed by atoms with van der Waals surface area (Å²) in [6.45, 7) is 7.79. The molecule has 0 saturated carbocycles. The third-order valence-corrected chi connectivity index (χ3v) is 3.27. The summed E-state index contributed by atoms with van der Waals surface area (Å²) in [7, 11) is 0. The zero-order chi connectivity index (χ0) is 22.7. The Morgan fingerprint density at radius 3 is 1.69 bits per heavy atom. The number of pyridine rings is 2. The van der Waals surface area contributed by atoms with Crippen LogP contribution in [0.5, 0.6) is 0 Å². The molecule has 29 heavy (non-hydrogen) atoms. The van der Waals surface area contributed by atoms with Crippen molar-refractivity contribution in [3.8, 4) is 0 Å². The topological polar surface area (TPSA) is 150 Å². The van der Waals surface area contributed by atoms with Crippen LogP contribution in [0.4, 0.5) is 5.69 Å². The van der Waals surface area contributed by atoms with Crippen molar-refractivity contribution in [1.82, 2.24) is 9.97 Å². The first-order chi connectivity index (χ1) is 13.3. The van der Waals surface area contributed by atoms with E-state index >= 15 is 0 Å². The van der Waals surface area contributed by atoms with Crippen molar-refractivity contribution in [3.63, 3.8) is 0 Å². The van der Waals surface area contributed by atoms with Gasteiger partial charge in [-0.25, -0.2) is 9.97 Å². The predicted molar refractivity (Wildman–Crippen MR) is 119 cm³/mol. The number of halogens is 3. The van der Waals surface area contributed by atoms with Crippen molar-refractivity contribution in [2.45, 2.75) is 39.8 Å². The molecule has 0 aliphatic carbocycles. The number of rotatable bonds is 4. The molecule has 2 amide bonds. The van der Waals surface area contributed by atoms with Crippen molar-refractivity contribution in [3.05, 3.63) is 51.0 Å². The van der Waals surface area contributed by atoms with Crippen LogP contribution in [0.1, 0.15) is 48.7 Å². The van der Waals surface area contributed by atoms with Gasteiger partial charge >= 0.3 is 0 Å². The lowest BCUT2D eigenvalue weighted by Crippen LogP contribution is -2.19. The number of anilines is 1. The number of hydrogen-bond acceptors (Lipinski definition) is 6. The second-order valence-electron chi connectivity index (χ2n) is 6.31. The zero-order valence-electron chi connectivity index (χ0n) is 16.5. The maximum Gasteiger partial charge on any atom is 0.269 e. The zero-order valence-corrected chi connectivity index (χ0v) is 18.8. The van der Waals surface area contributed by atoms with Gasteiger partial charge in [-0.1, -0.05) is 48.7 Å². The minimum atomic E-state index is -0.660. The van der Waals surface area contributed by atoms with E-state index in [0.29, 0.717) is 21.8 Å². The van der Waals surface area contributed by atoms with Gasteiger partial charge in [-0.2, -0.15) is 0 Å². The van der Waals surface area contributed by atoms with Gasteiger partial charge in [0.25, 0.3) is 11.8 Å². The number of hydrogen-bond donors (Lipinski definition) is 4. The van der Waals surface area contributed by atoms with Crippen LogP contribution in [0.2, 0.25) is 15.1 Å². The van der Waals surface area contributed by atoms with E-state index in [9.17, 15) is 9.59 Å². The highest BCUT2D eigenvalue weighted by molar-refractivity contribution is 6.36. The Balaban J connectivity index is 0.000000466. The molecule has 11 heteroatoms. The molecule has 8 nitrogen and oxygen atoms in total. The first kappa shape index (κ1) is 26.9. The Morgan fingerprint density at radius 1 is 0.897 bits per heavy atom. The Hall–Kier alpha value is -2.13. The van der Waals surface area contributed by atoms with E-state index in [1.165, 1.54) is 18.5 Å². The summed E-state index contributed by atoms with van der Waals surface area (Å²) in [5, 5.41) is 4.06. The van der Waals surface area contributed by atoms with E-state index in [1.54, 1.807) is 6.07 Å². The average Bonchev–Trinajstić information content (AvgIpc) is 2.53. The molecule has 0 fully saturated rings. The number of nitrogens with two attached hydrogens (primary N) is 3. The first-order valence-corrected chi connectivity index (χ1v) is 9.56. The van der Waals surface area contributed by atoms with E-state index in [4.69, 9.17) is 52.0 Å². The lowest BCUT2D eigenvalue weighted by atomic mass is 10.2. The van der Waals surface area contributed by atoms with Crippen LogP contribution in [0.25, 0.3) is 0 Å². The maximum atomic E-state index is 11.0. The molecule has 160 valence electrons. The van der Waals surface area contributed by atoms with Gasteiger partial charge in [-0.3, -0.25) is 9.59 Å². The van der Waals surface area contributed by atoms with E-state index < -0.39 is 11.8 Å². The molecule has 0 radical (unpaired) electrons. The highest BCUT2D eigenvalue weighted by Crippen LogP contribution is 2.19. The summed E-state index contributed by atoms with van der Waals surface area (Å²) in [4.78, 5) is 29.1. The number of carbonyl (C=O) groups is 2. The molecule has 7 N–H and O–H groups in total. The number of aromatic nitrogens is 2. The van der Waals surface area contributed by atoms with Gasteiger partial charge in [0.15, 0.2) is 5.69 Å².